The van der Waals surface area contributed by atoms with Gasteiger partial charge in [0.1, 0.15) is 5.75 Å². The summed E-state index contributed by atoms with van der Waals surface area (Å²) < 4.78 is 5.74. The lowest BCUT2D eigenvalue weighted by atomic mass is 9.87. The zero-order valence-corrected chi connectivity index (χ0v) is 15.1. The van der Waals surface area contributed by atoms with Crippen molar-refractivity contribution in [3.63, 3.8) is 0 Å². The van der Waals surface area contributed by atoms with Gasteiger partial charge in [-0.15, -0.1) is 0 Å². The van der Waals surface area contributed by atoms with E-state index in [1.54, 1.807) is 12.1 Å². The number of piperidine rings is 1. The summed E-state index contributed by atoms with van der Waals surface area (Å²) in [4.78, 5) is 2.45. The first-order chi connectivity index (χ1) is 12.8. The molecule has 1 aliphatic heterocycles. The van der Waals surface area contributed by atoms with Crippen LogP contribution in [0.15, 0.2) is 54.6 Å². The topological polar surface area (TPSA) is 56.5 Å². The van der Waals surface area contributed by atoms with Gasteiger partial charge in [0.25, 0.3) is 0 Å². The highest BCUT2D eigenvalue weighted by Gasteiger charge is 2.25. The van der Waals surface area contributed by atoms with E-state index in [2.05, 4.69) is 11.0 Å². The zero-order chi connectivity index (χ0) is 18.2. The fourth-order valence-corrected chi connectivity index (χ4v) is 3.52. The van der Waals surface area contributed by atoms with Crippen LogP contribution in [0.4, 0.5) is 0 Å². The largest absolute Gasteiger partial charge is 0.494 e. The first kappa shape index (κ1) is 18.4. The van der Waals surface area contributed by atoms with E-state index < -0.39 is 0 Å². The van der Waals surface area contributed by atoms with Gasteiger partial charge in [0, 0.05) is 6.54 Å². The monoisotopic (exact) mass is 350 g/mol. The molecule has 0 amide bonds. The predicted octanol–water partition coefficient (Wildman–Crippen LogP) is 3.77. The lowest BCUT2D eigenvalue weighted by Gasteiger charge is -2.34. The Kier molecular flexibility index (Phi) is 6.65. The van der Waals surface area contributed by atoms with Gasteiger partial charge in [-0.25, -0.2) is 0 Å². The molecule has 2 aromatic carbocycles. The van der Waals surface area contributed by atoms with Crippen molar-refractivity contribution in [1.29, 1.82) is 5.26 Å². The third-order valence-corrected chi connectivity index (χ3v) is 5.09. The van der Waals surface area contributed by atoms with Crippen LogP contribution >= 0.6 is 0 Å². The Morgan fingerprint density at radius 2 is 1.77 bits per heavy atom. The van der Waals surface area contributed by atoms with Crippen molar-refractivity contribution < 1.29 is 9.84 Å². The zero-order valence-electron chi connectivity index (χ0n) is 15.1. The molecule has 26 heavy (non-hydrogen) atoms. The summed E-state index contributed by atoms with van der Waals surface area (Å²) in [5, 5.41) is 19.3. The van der Waals surface area contributed by atoms with E-state index in [0.717, 1.165) is 50.2 Å². The van der Waals surface area contributed by atoms with Crippen LogP contribution in [0.25, 0.3) is 0 Å². The number of likely N-dealkylation sites (tertiary alicyclic amines) is 1. The molecule has 0 radical (unpaired) electrons. The predicted molar refractivity (Wildman–Crippen MR) is 102 cm³/mol. The molecule has 136 valence electrons. The number of benzene rings is 2. The smallest absolute Gasteiger partial charge is 0.119 e. The van der Waals surface area contributed by atoms with E-state index in [-0.39, 0.29) is 6.10 Å². The SMILES string of the molecule is N#Cc1ccc(OCCCN2CCC(C(O)c3ccccc3)CC2)cc1. The molecular weight excluding hydrogens is 324 g/mol. The van der Waals surface area contributed by atoms with Crippen molar-refractivity contribution in [2.45, 2.75) is 25.4 Å². The summed E-state index contributed by atoms with van der Waals surface area (Å²) in [6.45, 7) is 3.76. The molecule has 1 heterocycles. The Hall–Kier alpha value is -2.35. The molecule has 0 aliphatic carbocycles. The first-order valence-corrected chi connectivity index (χ1v) is 9.34. The van der Waals surface area contributed by atoms with Crippen molar-refractivity contribution in [3.8, 4) is 11.8 Å². The molecule has 1 unspecified atom stereocenters. The number of nitriles is 1. The molecule has 1 fully saturated rings. The highest BCUT2D eigenvalue weighted by molar-refractivity contribution is 5.34. The van der Waals surface area contributed by atoms with Crippen molar-refractivity contribution in [2.24, 2.45) is 5.92 Å². The summed E-state index contributed by atoms with van der Waals surface area (Å²) in [5.41, 5.74) is 1.68. The minimum atomic E-state index is -0.349. The quantitative estimate of drug-likeness (QED) is 0.772. The van der Waals surface area contributed by atoms with Gasteiger partial charge in [-0.3, -0.25) is 0 Å². The van der Waals surface area contributed by atoms with E-state index in [0.29, 0.717) is 18.1 Å². The van der Waals surface area contributed by atoms with Gasteiger partial charge in [0.15, 0.2) is 0 Å². The third kappa shape index (κ3) is 5.08. The molecule has 0 spiro atoms. The average molecular weight is 350 g/mol. The van der Waals surface area contributed by atoms with Crippen molar-refractivity contribution >= 4 is 0 Å². The lowest BCUT2D eigenvalue weighted by Crippen LogP contribution is -2.36. The summed E-state index contributed by atoms with van der Waals surface area (Å²) in [6.07, 6.45) is 2.70. The van der Waals surface area contributed by atoms with Gasteiger partial charge >= 0.3 is 0 Å². The maximum atomic E-state index is 10.6. The maximum absolute atomic E-state index is 10.6. The van der Waals surface area contributed by atoms with E-state index in [1.807, 2.05) is 42.5 Å². The number of hydrogen-bond donors (Lipinski definition) is 1. The minimum absolute atomic E-state index is 0.349. The molecule has 4 heteroatoms. The van der Waals surface area contributed by atoms with Crippen LogP contribution in [-0.2, 0) is 0 Å². The molecule has 1 saturated heterocycles. The Bertz CT molecular complexity index is 701. The lowest BCUT2D eigenvalue weighted by molar-refractivity contribution is 0.0575. The number of rotatable bonds is 7. The molecule has 0 bridgehead atoms. The standard InChI is InChI=1S/C22H26N2O2/c23-17-18-7-9-21(10-8-18)26-16-4-13-24-14-11-20(12-15-24)22(25)19-5-2-1-3-6-19/h1-3,5-10,20,22,25H,4,11-16H2. The summed E-state index contributed by atoms with van der Waals surface area (Å²) in [7, 11) is 0. The van der Waals surface area contributed by atoms with Gasteiger partial charge in [-0.1, -0.05) is 30.3 Å². The summed E-state index contributed by atoms with van der Waals surface area (Å²) in [5.74, 6) is 1.16. The second-order valence-electron chi connectivity index (χ2n) is 6.87. The molecule has 1 N–H and O–H groups in total. The van der Waals surface area contributed by atoms with Crippen LogP contribution in [0, 0.1) is 17.2 Å². The third-order valence-electron chi connectivity index (χ3n) is 5.09. The van der Waals surface area contributed by atoms with Crippen molar-refractivity contribution in [3.05, 3.63) is 65.7 Å². The molecule has 1 atom stereocenters. The molecule has 4 nitrogen and oxygen atoms in total. The molecule has 3 rings (SSSR count). The molecule has 0 aromatic heterocycles. The normalized spacial score (nSPS) is 16.8. The van der Waals surface area contributed by atoms with Gasteiger partial charge in [-0.2, -0.15) is 5.26 Å². The Morgan fingerprint density at radius 1 is 1.08 bits per heavy atom. The average Bonchev–Trinajstić information content (AvgIpc) is 2.72. The van der Waals surface area contributed by atoms with Gasteiger partial charge in [0.2, 0.25) is 0 Å². The van der Waals surface area contributed by atoms with Crippen molar-refractivity contribution in [2.75, 3.05) is 26.2 Å². The molecule has 0 saturated carbocycles. The van der Waals surface area contributed by atoms with Crippen LogP contribution in [0.3, 0.4) is 0 Å². The number of hydrogen-bond acceptors (Lipinski definition) is 4. The number of nitrogens with zero attached hydrogens (tertiary/aromatic N) is 2. The second kappa shape index (κ2) is 9.38. The van der Waals surface area contributed by atoms with Crippen LogP contribution in [-0.4, -0.2) is 36.2 Å². The highest BCUT2D eigenvalue weighted by Crippen LogP contribution is 2.30. The maximum Gasteiger partial charge on any atom is 0.119 e. The van der Waals surface area contributed by atoms with E-state index in [1.165, 1.54) is 0 Å². The van der Waals surface area contributed by atoms with Crippen LogP contribution in [0.2, 0.25) is 0 Å². The van der Waals surface area contributed by atoms with Crippen molar-refractivity contribution in [1.82, 2.24) is 4.90 Å². The van der Waals surface area contributed by atoms with Gasteiger partial charge in [-0.05, 0) is 68.1 Å². The van der Waals surface area contributed by atoms with Crippen LogP contribution in [0.5, 0.6) is 5.75 Å². The molecule has 2 aromatic rings. The summed E-state index contributed by atoms with van der Waals surface area (Å²) >= 11 is 0. The fourth-order valence-electron chi connectivity index (χ4n) is 3.52. The minimum Gasteiger partial charge on any atom is -0.494 e. The van der Waals surface area contributed by atoms with E-state index >= 15 is 0 Å². The van der Waals surface area contributed by atoms with Gasteiger partial charge in [0.05, 0.1) is 24.3 Å². The number of aliphatic hydroxyl groups excluding tert-OH is 1. The van der Waals surface area contributed by atoms with Gasteiger partial charge < -0.3 is 14.7 Å². The Balaban J connectivity index is 1.34. The number of aliphatic hydroxyl groups is 1. The van der Waals surface area contributed by atoms with Crippen LogP contribution < -0.4 is 4.74 Å². The molecular formula is C22H26N2O2. The Morgan fingerprint density at radius 3 is 2.42 bits per heavy atom. The number of ether oxygens (including phenoxy) is 1. The first-order valence-electron chi connectivity index (χ1n) is 9.34. The summed E-state index contributed by atoms with van der Waals surface area (Å²) in [6, 6.07) is 19.3. The second-order valence-corrected chi connectivity index (χ2v) is 6.87. The molecule has 1 aliphatic rings. The highest BCUT2D eigenvalue weighted by atomic mass is 16.5. The fraction of sp³-hybridized carbons (Fsp3) is 0.409. The Labute approximate surface area is 155 Å². The van der Waals surface area contributed by atoms with Crippen LogP contribution in [0.1, 0.15) is 36.5 Å². The van der Waals surface area contributed by atoms with E-state index in [9.17, 15) is 5.11 Å². The van der Waals surface area contributed by atoms with E-state index in [4.69, 9.17) is 10.00 Å².